The van der Waals surface area contributed by atoms with Crippen LogP contribution in [-0.2, 0) is 11.2 Å². The van der Waals surface area contributed by atoms with Crippen molar-refractivity contribution in [2.75, 3.05) is 26.7 Å². The number of nitrogens with zero attached hydrogens (tertiary/aromatic N) is 2. The summed E-state index contributed by atoms with van der Waals surface area (Å²) < 4.78 is 13.3. The summed E-state index contributed by atoms with van der Waals surface area (Å²) in [4.78, 5) is 21.0. The summed E-state index contributed by atoms with van der Waals surface area (Å²) >= 11 is 0. The number of guanidine groups is 1. The van der Waals surface area contributed by atoms with Crippen molar-refractivity contribution in [3.63, 3.8) is 0 Å². The highest BCUT2D eigenvalue weighted by Gasteiger charge is 2.25. The standard InChI is InChI=1S/C19H26FN5O/c1-3-18(26)25-9-7-15(12-25)24-19(21-2)22-8-6-13-11-23-17-10-14(20)4-5-16(13)17/h4-5,10-11,15,23H,3,6-9,12H2,1-2H3,(H2,21,22,24). The molecule has 0 saturated carbocycles. The van der Waals surface area contributed by atoms with Gasteiger partial charge in [0.05, 0.1) is 0 Å². The first kappa shape index (κ1) is 18.2. The van der Waals surface area contributed by atoms with Crippen LogP contribution in [0.15, 0.2) is 29.4 Å². The van der Waals surface area contributed by atoms with E-state index < -0.39 is 0 Å². The second kappa shape index (κ2) is 8.21. The molecule has 1 aromatic carbocycles. The van der Waals surface area contributed by atoms with E-state index >= 15 is 0 Å². The number of nitrogens with one attached hydrogen (secondary N) is 3. The maximum absolute atomic E-state index is 13.3. The number of hydrogen-bond donors (Lipinski definition) is 3. The molecule has 3 N–H and O–H groups in total. The minimum Gasteiger partial charge on any atom is -0.361 e. The van der Waals surface area contributed by atoms with Crippen LogP contribution in [-0.4, -0.2) is 54.5 Å². The summed E-state index contributed by atoms with van der Waals surface area (Å²) in [5, 5.41) is 7.75. The Kier molecular flexibility index (Phi) is 5.75. The van der Waals surface area contributed by atoms with Crippen molar-refractivity contribution in [2.24, 2.45) is 4.99 Å². The van der Waals surface area contributed by atoms with E-state index in [1.807, 2.05) is 18.0 Å². The van der Waals surface area contributed by atoms with Crippen molar-refractivity contribution >= 4 is 22.8 Å². The minimum absolute atomic E-state index is 0.202. The van der Waals surface area contributed by atoms with Crippen molar-refractivity contribution in [2.45, 2.75) is 32.2 Å². The summed E-state index contributed by atoms with van der Waals surface area (Å²) in [5.74, 6) is 0.709. The number of fused-ring (bicyclic) bond motifs is 1. The predicted octanol–water partition coefficient (Wildman–Crippen LogP) is 2.03. The molecule has 26 heavy (non-hydrogen) atoms. The van der Waals surface area contributed by atoms with E-state index in [4.69, 9.17) is 0 Å². The highest BCUT2D eigenvalue weighted by atomic mass is 19.1. The molecule has 1 aliphatic rings. The third kappa shape index (κ3) is 4.15. The Balaban J connectivity index is 1.49. The van der Waals surface area contributed by atoms with E-state index in [-0.39, 0.29) is 17.8 Å². The molecule has 1 aliphatic heterocycles. The lowest BCUT2D eigenvalue weighted by atomic mass is 10.1. The van der Waals surface area contributed by atoms with E-state index in [2.05, 4.69) is 20.6 Å². The zero-order valence-corrected chi connectivity index (χ0v) is 15.3. The van der Waals surface area contributed by atoms with E-state index in [0.717, 1.165) is 48.4 Å². The van der Waals surface area contributed by atoms with Crippen molar-refractivity contribution in [3.8, 4) is 0 Å². The van der Waals surface area contributed by atoms with Crippen LogP contribution in [0.1, 0.15) is 25.3 Å². The molecule has 6 nitrogen and oxygen atoms in total. The van der Waals surface area contributed by atoms with Crippen LogP contribution in [0.3, 0.4) is 0 Å². The largest absolute Gasteiger partial charge is 0.361 e. The average Bonchev–Trinajstić information content (AvgIpc) is 3.27. The smallest absolute Gasteiger partial charge is 0.222 e. The van der Waals surface area contributed by atoms with Crippen molar-refractivity contribution in [1.82, 2.24) is 20.5 Å². The maximum Gasteiger partial charge on any atom is 0.222 e. The first-order valence-corrected chi connectivity index (χ1v) is 9.11. The van der Waals surface area contributed by atoms with Crippen molar-refractivity contribution < 1.29 is 9.18 Å². The Hall–Kier alpha value is -2.57. The van der Waals surface area contributed by atoms with Crippen LogP contribution in [0.4, 0.5) is 4.39 Å². The highest BCUT2D eigenvalue weighted by molar-refractivity contribution is 5.83. The molecule has 1 amide bonds. The Labute approximate surface area is 152 Å². The molecule has 0 radical (unpaired) electrons. The second-order valence-corrected chi connectivity index (χ2v) is 6.58. The second-order valence-electron chi connectivity index (χ2n) is 6.58. The van der Waals surface area contributed by atoms with E-state index in [9.17, 15) is 9.18 Å². The zero-order valence-electron chi connectivity index (χ0n) is 15.3. The van der Waals surface area contributed by atoms with Gasteiger partial charge in [0.15, 0.2) is 5.96 Å². The van der Waals surface area contributed by atoms with Gasteiger partial charge < -0.3 is 20.5 Å². The lowest BCUT2D eigenvalue weighted by Gasteiger charge is -2.18. The number of hydrogen-bond acceptors (Lipinski definition) is 2. The van der Waals surface area contributed by atoms with Gasteiger partial charge in [0.2, 0.25) is 5.91 Å². The molecule has 2 heterocycles. The molecular formula is C19H26FN5O. The summed E-state index contributed by atoms with van der Waals surface area (Å²) in [6.45, 7) is 4.13. The molecule has 0 bridgehead atoms. The number of aromatic amines is 1. The first-order chi connectivity index (χ1) is 12.6. The number of benzene rings is 1. The van der Waals surface area contributed by atoms with Crippen LogP contribution in [0.2, 0.25) is 0 Å². The van der Waals surface area contributed by atoms with Gasteiger partial charge in [-0.1, -0.05) is 6.92 Å². The number of likely N-dealkylation sites (tertiary alicyclic amines) is 1. The third-order valence-electron chi connectivity index (χ3n) is 4.82. The van der Waals surface area contributed by atoms with Gasteiger partial charge in [-0.15, -0.1) is 0 Å². The Bertz CT molecular complexity index is 800. The lowest BCUT2D eigenvalue weighted by molar-refractivity contribution is -0.129. The summed E-state index contributed by atoms with van der Waals surface area (Å²) in [7, 11) is 1.74. The van der Waals surface area contributed by atoms with Gasteiger partial charge in [-0.2, -0.15) is 0 Å². The molecule has 1 unspecified atom stereocenters. The number of carbonyl (C=O) groups excluding carboxylic acids is 1. The monoisotopic (exact) mass is 359 g/mol. The Morgan fingerprint density at radius 3 is 3.08 bits per heavy atom. The van der Waals surface area contributed by atoms with Crippen molar-refractivity contribution in [3.05, 3.63) is 35.8 Å². The number of halogens is 1. The number of aromatic nitrogens is 1. The molecule has 1 aromatic heterocycles. The number of amides is 1. The Morgan fingerprint density at radius 2 is 2.31 bits per heavy atom. The van der Waals surface area contributed by atoms with Crippen LogP contribution >= 0.6 is 0 Å². The van der Waals surface area contributed by atoms with Crippen LogP contribution < -0.4 is 10.6 Å². The fourth-order valence-electron chi connectivity index (χ4n) is 3.40. The summed E-state index contributed by atoms with van der Waals surface area (Å²) in [6, 6.07) is 5.03. The van der Waals surface area contributed by atoms with Gasteiger partial charge in [0.1, 0.15) is 5.82 Å². The summed E-state index contributed by atoms with van der Waals surface area (Å²) in [6.07, 6.45) is 4.21. The molecule has 0 aliphatic carbocycles. The van der Waals surface area contributed by atoms with Gasteiger partial charge >= 0.3 is 0 Å². The lowest BCUT2D eigenvalue weighted by Crippen LogP contribution is -2.45. The number of rotatable bonds is 5. The predicted molar refractivity (Wildman–Crippen MR) is 102 cm³/mol. The van der Waals surface area contributed by atoms with Crippen molar-refractivity contribution in [1.29, 1.82) is 0 Å². The number of carbonyl (C=O) groups is 1. The zero-order chi connectivity index (χ0) is 18.5. The molecule has 7 heteroatoms. The summed E-state index contributed by atoms with van der Waals surface area (Å²) in [5.41, 5.74) is 1.96. The van der Waals surface area contributed by atoms with E-state index in [1.54, 1.807) is 13.1 Å². The van der Waals surface area contributed by atoms with Gasteiger partial charge in [-0.05, 0) is 36.6 Å². The van der Waals surface area contributed by atoms with Gasteiger partial charge in [-0.3, -0.25) is 9.79 Å². The average molecular weight is 359 g/mol. The molecule has 2 aromatic rings. The van der Waals surface area contributed by atoms with E-state index in [1.165, 1.54) is 12.1 Å². The van der Waals surface area contributed by atoms with Crippen LogP contribution in [0, 0.1) is 5.82 Å². The molecule has 140 valence electrons. The van der Waals surface area contributed by atoms with Crippen LogP contribution in [0.25, 0.3) is 10.9 Å². The minimum atomic E-state index is -0.235. The third-order valence-corrected chi connectivity index (χ3v) is 4.82. The molecule has 1 atom stereocenters. The molecule has 1 saturated heterocycles. The quantitative estimate of drug-likeness (QED) is 0.565. The Morgan fingerprint density at radius 1 is 1.46 bits per heavy atom. The fraction of sp³-hybridized carbons (Fsp3) is 0.474. The van der Waals surface area contributed by atoms with Crippen LogP contribution in [0.5, 0.6) is 0 Å². The van der Waals surface area contributed by atoms with Gasteiger partial charge in [0.25, 0.3) is 0 Å². The number of aliphatic imine (C=N–C) groups is 1. The molecule has 3 rings (SSSR count). The molecule has 1 fully saturated rings. The highest BCUT2D eigenvalue weighted by Crippen LogP contribution is 2.19. The maximum atomic E-state index is 13.3. The SMILES string of the molecule is CCC(=O)N1CCC(NC(=NC)NCCc2c[nH]c3cc(F)ccc23)C1. The van der Waals surface area contributed by atoms with Gasteiger partial charge in [-0.25, -0.2) is 4.39 Å². The molecule has 0 spiro atoms. The van der Waals surface area contributed by atoms with E-state index in [0.29, 0.717) is 13.0 Å². The topological polar surface area (TPSA) is 72.5 Å². The first-order valence-electron chi connectivity index (χ1n) is 9.11. The number of H-pyrrole nitrogens is 1. The van der Waals surface area contributed by atoms with Gasteiger partial charge in [0, 0.05) is 56.2 Å². The normalized spacial score (nSPS) is 17.7. The molecular weight excluding hydrogens is 333 g/mol. The fourth-order valence-corrected chi connectivity index (χ4v) is 3.40.